The van der Waals surface area contributed by atoms with Gasteiger partial charge in [-0.25, -0.2) is 14.2 Å². The highest BCUT2D eigenvalue weighted by atomic mass is 19.1. The first-order chi connectivity index (χ1) is 9.51. The molecular formula is C15H15FN2O2. The molecule has 2 rings (SSSR count). The summed E-state index contributed by atoms with van der Waals surface area (Å²) < 4.78 is 13.8. The van der Waals surface area contributed by atoms with Gasteiger partial charge in [-0.2, -0.15) is 0 Å². The highest BCUT2D eigenvalue weighted by Crippen LogP contribution is 2.23. The number of hydrogen-bond acceptors (Lipinski definition) is 3. The molecule has 0 amide bonds. The van der Waals surface area contributed by atoms with Crippen LogP contribution in [0.2, 0.25) is 0 Å². The van der Waals surface area contributed by atoms with Crippen LogP contribution in [0.3, 0.4) is 0 Å². The molecular weight excluding hydrogens is 259 g/mol. The van der Waals surface area contributed by atoms with Crippen molar-refractivity contribution in [3.63, 3.8) is 0 Å². The molecule has 0 atom stereocenters. The molecule has 0 saturated heterocycles. The number of pyridine rings is 1. The van der Waals surface area contributed by atoms with E-state index in [1.54, 1.807) is 19.1 Å². The number of rotatable bonds is 4. The Morgan fingerprint density at radius 3 is 2.75 bits per heavy atom. The maximum absolute atomic E-state index is 13.8. The van der Waals surface area contributed by atoms with Crippen LogP contribution in [0.1, 0.15) is 28.5 Å². The second kappa shape index (κ2) is 5.69. The van der Waals surface area contributed by atoms with Crippen LogP contribution in [0.4, 0.5) is 15.9 Å². The van der Waals surface area contributed by atoms with Gasteiger partial charge in [0, 0.05) is 5.69 Å². The summed E-state index contributed by atoms with van der Waals surface area (Å²) in [6.45, 7) is 3.65. The van der Waals surface area contributed by atoms with E-state index in [1.165, 1.54) is 18.2 Å². The summed E-state index contributed by atoms with van der Waals surface area (Å²) in [6.07, 6.45) is 0.603. The zero-order valence-electron chi connectivity index (χ0n) is 11.3. The summed E-state index contributed by atoms with van der Waals surface area (Å²) in [5, 5.41) is 11.9. The minimum atomic E-state index is -1.03. The average Bonchev–Trinajstić information content (AvgIpc) is 2.42. The number of carbonyl (C=O) groups is 1. The Balaban J connectivity index is 2.43. The number of nitrogens with zero attached hydrogens (tertiary/aromatic N) is 1. The quantitative estimate of drug-likeness (QED) is 0.895. The standard InChI is InChI=1S/C15H15FN2O2/c1-3-11-7-10(15(19)20)8-13(17-11)18-14-9(2)5-4-6-12(14)16/h4-8H,3H2,1-2H3,(H,17,18)(H,19,20). The Bertz CT molecular complexity index is 636. The van der Waals surface area contributed by atoms with E-state index in [4.69, 9.17) is 5.11 Å². The smallest absolute Gasteiger partial charge is 0.335 e. The lowest BCUT2D eigenvalue weighted by atomic mass is 10.1. The summed E-state index contributed by atoms with van der Waals surface area (Å²) >= 11 is 0. The lowest BCUT2D eigenvalue weighted by molar-refractivity contribution is 0.0696. The fourth-order valence-electron chi connectivity index (χ4n) is 1.87. The van der Waals surface area contributed by atoms with Gasteiger partial charge in [0.15, 0.2) is 0 Å². The molecule has 0 bridgehead atoms. The molecule has 0 radical (unpaired) electrons. The van der Waals surface area contributed by atoms with Crippen molar-refractivity contribution in [2.45, 2.75) is 20.3 Å². The van der Waals surface area contributed by atoms with Crippen LogP contribution in [0.5, 0.6) is 0 Å². The molecule has 0 aliphatic heterocycles. The van der Waals surface area contributed by atoms with Gasteiger partial charge in [0.1, 0.15) is 11.6 Å². The number of aryl methyl sites for hydroxylation is 2. The number of benzene rings is 1. The third-order valence-electron chi connectivity index (χ3n) is 2.96. The Morgan fingerprint density at radius 1 is 1.40 bits per heavy atom. The van der Waals surface area contributed by atoms with E-state index >= 15 is 0 Å². The number of anilines is 2. The van der Waals surface area contributed by atoms with E-state index in [2.05, 4.69) is 10.3 Å². The molecule has 0 spiro atoms. The topological polar surface area (TPSA) is 62.2 Å². The van der Waals surface area contributed by atoms with Gasteiger partial charge in [0.25, 0.3) is 0 Å². The normalized spacial score (nSPS) is 10.3. The fraction of sp³-hybridized carbons (Fsp3) is 0.200. The van der Waals surface area contributed by atoms with E-state index in [0.29, 0.717) is 23.6 Å². The van der Waals surface area contributed by atoms with Gasteiger partial charge in [-0.15, -0.1) is 0 Å². The molecule has 1 heterocycles. The lowest BCUT2D eigenvalue weighted by Crippen LogP contribution is -2.05. The third-order valence-corrected chi connectivity index (χ3v) is 2.96. The second-order valence-electron chi connectivity index (χ2n) is 4.45. The minimum Gasteiger partial charge on any atom is -0.478 e. The zero-order chi connectivity index (χ0) is 14.7. The molecule has 20 heavy (non-hydrogen) atoms. The van der Waals surface area contributed by atoms with Crippen LogP contribution in [-0.2, 0) is 6.42 Å². The maximum Gasteiger partial charge on any atom is 0.335 e. The molecule has 0 aliphatic rings. The van der Waals surface area contributed by atoms with Crippen molar-refractivity contribution in [1.29, 1.82) is 0 Å². The Kier molecular flexibility index (Phi) is 3.98. The molecule has 4 nitrogen and oxygen atoms in total. The molecule has 0 saturated carbocycles. The second-order valence-corrected chi connectivity index (χ2v) is 4.45. The summed E-state index contributed by atoms with van der Waals surface area (Å²) in [4.78, 5) is 15.3. The fourth-order valence-corrected chi connectivity index (χ4v) is 1.87. The van der Waals surface area contributed by atoms with Crippen LogP contribution >= 0.6 is 0 Å². The van der Waals surface area contributed by atoms with Crippen molar-refractivity contribution in [3.8, 4) is 0 Å². The largest absolute Gasteiger partial charge is 0.478 e. The molecule has 0 unspecified atom stereocenters. The molecule has 2 aromatic rings. The summed E-state index contributed by atoms with van der Waals surface area (Å²) in [6, 6.07) is 7.65. The summed E-state index contributed by atoms with van der Waals surface area (Å²) in [5.41, 5.74) is 1.81. The van der Waals surface area contributed by atoms with E-state index < -0.39 is 11.8 Å². The number of carboxylic acids is 1. The molecule has 104 valence electrons. The van der Waals surface area contributed by atoms with Crippen LogP contribution in [0, 0.1) is 12.7 Å². The maximum atomic E-state index is 13.8. The van der Waals surface area contributed by atoms with Gasteiger partial charge in [-0.1, -0.05) is 19.1 Å². The minimum absolute atomic E-state index is 0.133. The van der Waals surface area contributed by atoms with Crippen LogP contribution in [-0.4, -0.2) is 16.1 Å². The molecule has 0 aliphatic carbocycles. The Hall–Kier alpha value is -2.43. The average molecular weight is 274 g/mol. The summed E-state index contributed by atoms with van der Waals surface area (Å²) in [7, 11) is 0. The number of para-hydroxylation sites is 1. The SMILES string of the molecule is CCc1cc(C(=O)O)cc(Nc2c(C)cccc2F)n1. The van der Waals surface area contributed by atoms with Crippen LogP contribution < -0.4 is 5.32 Å². The van der Waals surface area contributed by atoms with Gasteiger partial charge in [-0.3, -0.25) is 0 Å². The zero-order valence-corrected chi connectivity index (χ0v) is 11.3. The number of nitrogens with one attached hydrogen (secondary N) is 1. The van der Waals surface area contributed by atoms with E-state index in [0.717, 1.165) is 5.56 Å². The van der Waals surface area contributed by atoms with Crippen molar-refractivity contribution in [3.05, 3.63) is 53.0 Å². The van der Waals surface area contributed by atoms with E-state index in [9.17, 15) is 9.18 Å². The number of aromatic carboxylic acids is 1. The van der Waals surface area contributed by atoms with E-state index in [-0.39, 0.29) is 5.56 Å². The number of hydrogen-bond donors (Lipinski definition) is 2. The van der Waals surface area contributed by atoms with Gasteiger partial charge in [-0.05, 0) is 37.1 Å². The van der Waals surface area contributed by atoms with Gasteiger partial charge in [0.2, 0.25) is 0 Å². The van der Waals surface area contributed by atoms with Crippen molar-refractivity contribution in [1.82, 2.24) is 4.98 Å². The molecule has 1 aromatic heterocycles. The van der Waals surface area contributed by atoms with Crippen LogP contribution in [0.25, 0.3) is 0 Å². The monoisotopic (exact) mass is 274 g/mol. The molecule has 1 aromatic carbocycles. The number of halogens is 1. The molecule has 5 heteroatoms. The first-order valence-electron chi connectivity index (χ1n) is 6.27. The van der Waals surface area contributed by atoms with Gasteiger partial charge in [0.05, 0.1) is 11.3 Å². The van der Waals surface area contributed by atoms with Crippen molar-refractivity contribution in [2.24, 2.45) is 0 Å². The van der Waals surface area contributed by atoms with Crippen molar-refractivity contribution < 1.29 is 14.3 Å². The van der Waals surface area contributed by atoms with Gasteiger partial charge >= 0.3 is 5.97 Å². The molecule has 2 N–H and O–H groups in total. The highest BCUT2D eigenvalue weighted by molar-refractivity contribution is 5.88. The molecule has 0 fully saturated rings. The predicted octanol–water partition coefficient (Wildman–Crippen LogP) is 3.53. The predicted molar refractivity (Wildman–Crippen MR) is 75.0 cm³/mol. The number of carboxylic acid groups (broad SMARTS) is 1. The van der Waals surface area contributed by atoms with Crippen molar-refractivity contribution in [2.75, 3.05) is 5.32 Å². The highest BCUT2D eigenvalue weighted by Gasteiger charge is 2.10. The van der Waals surface area contributed by atoms with E-state index in [1.807, 2.05) is 6.92 Å². The van der Waals surface area contributed by atoms with Crippen molar-refractivity contribution >= 4 is 17.5 Å². The van der Waals surface area contributed by atoms with Crippen LogP contribution in [0.15, 0.2) is 30.3 Å². The third kappa shape index (κ3) is 2.93. The van der Waals surface area contributed by atoms with Gasteiger partial charge < -0.3 is 10.4 Å². The Labute approximate surface area is 116 Å². The number of aromatic nitrogens is 1. The lowest BCUT2D eigenvalue weighted by Gasteiger charge is -2.11. The summed E-state index contributed by atoms with van der Waals surface area (Å²) in [5.74, 6) is -1.10. The first-order valence-corrected chi connectivity index (χ1v) is 6.27. The Morgan fingerprint density at radius 2 is 2.15 bits per heavy atom. The first kappa shape index (κ1) is 14.0.